The van der Waals surface area contributed by atoms with Gasteiger partial charge in [0.2, 0.25) is 10.0 Å². The predicted molar refractivity (Wildman–Crippen MR) is 82.9 cm³/mol. The van der Waals surface area contributed by atoms with Crippen LogP contribution in [0.2, 0.25) is 0 Å². The molecule has 1 heterocycles. The molecule has 0 radical (unpaired) electrons. The van der Waals surface area contributed by atoms with Crippen molar-refractivity contribution >= 4 is 16.0 Å². The summed E-state index contributed by atoms with van der Waals surface area (Å²) in [7, 11) is -2.50. The van der Waals surface area contributed by atoms with E-state index in [0.717, 1.165) is 12.8 Å². The number of benzene rings is 1. The lowest BCUT2D eigenvalue weighted by Gasteiger charge is -2.34. The minimum atomic E-state index is -3.74. The van der Waals surface area contributed by atoms with Crippen LogP contribution in [-0.4, -0.2) is 44.9 Å². The third-order valence-electron chi connectivity index (χ3n) is 4.07. The summed E-state index contributed by atoms with van der Waals surface area (Å²) in [6.45, 7) is 2.72. The zero-order chi connectivity index (χ0) is 16.3. The summed E-state index contributed by atoms with van der Waals surface area (Å²) in [5, 5.41) is 0. The maximum Gasteiger partial charge on any atom is 0.339 e. The molecule has 2 N–H and O–H groups in total. The van der Waals surface area contributed by atoms with E-state index in [1.165, 1.54) is 23.5 Å². The molecule has 1 aromatic rings. The Balaban J connectivity index is 2.37. The summed E-state index contributed by atoms with van der Waals surface area (Å²) in [6, 6.07) is 6.07. The lowest BCUT2D eigenvalue weighted by molar-refractivity contribution is 0.0596. The highest BCUT2D eigenvalue weighted by molar-refractivity contribution is 7.89. The van der Waals surface area contributed by atoms with E-state index in [0.29, 0.717) is 13.1 Å². The molecule has 0 saturated carbocycles. The third-order valence-corrected chi connectivity index (χ3v) is 6.00. The first-order valence-corrected chi connectivity index (χ1v) is 8.75. The zero-order valence-corrected chi connectivity index (χ0v) is 13.7. The molecule has 0 bridgehead atoms. The number of carbonyl (C=O) groups is 1. The number of hydrogen-bond donors (Lipinski definition) is 1. The zero-order valence-electron chi connectivity index (χ0n) is 12.9. The number of hydrogen-bond acceptors (Lipinski definition) is 5. The molecule has 1 aliphatic rings. The van der Waals surface area contributed by atoms with Crippen LogP contribution in [0.5, 0.6) is 0 Å². The van der Waals surface area contributed by atoms with E-state index < -0.39 is 16.0 Å². The molecule has 0 aliphatic carbocycles. The van der Waals surface area contributed by atoms with Crippen LogP contribution < -0.4 is 5.73 Å². The van der Waals surface area contributed by atoms with Crippen LogP contribution in [0.15, 0.2) is 29.2 Å². The summed E-state index contributed by atoms with van der Waals surface area (Å²) in [5.74, 6) is -0.520. The topological polar surface area (TPSA) is 89.7 Å². The van der Waals surface area contributed by atoms with Crippen molar-refractivity contribution in [1.82, 2.24) is 4.31 Å². The second kappa shape index (κ2) is 6.76. The SMILES string of the molecule is COC(=O)c1ccccc1S(=O)(=O)N1CCCC(C(C)N)C1. The molecule has 122 valence electrons. The van der Waals surface area contributed by atoms with E-state index in [-0.39, 0.29) is 22.4 Å². The Hall–Kier alpha value is -1.44. The monoisotopic (exact) mass is 326 g/mol. The van der Waals surface area contributed by atoms with Gasteiger partial charge in [-0.25, -0.2) is 13.2 Å². The van der Waals surface area contributed by atoms with Crippen molar-refractivity contribution in [3.05, 3.63) is 29.8 Å². The Morgan fingerprint density at radius 2 is 2.09 bits per heavy atom. The highest BCUT2D eigenvalue weighted by Crippen LogP contribution is 2.27. The van der Waals surface area contributed by atoms with Crippen LogP contribution in [0.3, 0.4) is 0 Å². The molecule has 0 aromatic heterocycles. The van der Waals surface area contributed by atoms with Crippen molar-refractivity contribution in [2.24, 2.45) is 11.7 Å². The molecule has 0 spiro atoms. The van der Waals surface area contributed by atoms with Gasteiger partial charge < -0.3 is 10.5 Å². The summed E-state index contributed by atoms with van der Waals surface area (Å²) in [6.07, 6.45) is 1.69. The van der Waals surface area contributed by atoms with Crippen LogP contribution in [0.4, 0.5) is 0 Å². The van der Waals surface area contributed by atoms with Crippen molar-refractivity contribution in [3.63, 3.8) is 0 Å². The molecule has 22 heavy (non-hydrogen) atoms. The Morgan fingerprint density at radius 3 is 2.73 bits per heavy atom. The highest BCUT2D eigenvalue weighted by Gasteiger charge is 2.33. The van der Waals surface area contributed by atoms with Crippen molar-refractivity contribution in [2.75, 3.05) is 20.2 Å². The molecule has 2 atom stereocenters. The first-order chi connectivity index (χ1) is 10.4. The van der Waals surface area contributed by atoms with Crippen LogP contribution in [-0.2, 0) is 14.8 Å². The number of sulfonamides is 1. The Morgan fingerprint density at radius 1 is 1.41 bits per heavy atom. The van der Waals surface area contributed by atoms with Gasteiger partial charge in [-0.05, 0) is 37.8 Å². The molecule has 0 amide bonds. The fraction of sp³-hybridized carbons (Fsp3) is 0.533. The second-order valence-corrected chi connectivity index (χ2v) is 7.52. The van der Waals surface area contributed by atoms with Crippen molar-refractivity contribution in [2.45, 2.75) is 30.7 Å². The highest BCUT2D eigenvalue weighted by atomic mass is 32.2. The fourth-order valence-corrected chi connectivity index (χ4v) is 4.45. The minimum Gasteiger partial charge on any atom is -0.465 e. The number of nitrogens with zero attached hydrogens (tertiary/aromatic N) is 1. The van der Waals surface area contributed by atoms with Gasteiger partial charge in [0, 0.05) is 19.1 Å². The lowest BCUT2D eigenvalue weighted by atomic mass is 9.93. The Bertz CT molecular complexity index is 643. The summed E-state index contributed by atoms with van der Waals surface area (Å²) >= 11 is 0. The minimum absolute atomic E-state index is 0.00725. The first-order valence-electron chi connectivity index (χ1n) is 7.31. The largest absolute Gasteiger partial charge is 0.465 e. The van der Waals surface area contributed by atoms with Crippen LogP contribution in [0.1, 0.15) is 30.1 Å². The number of piperidine rings is 1. The van der Waals surface area contributed by atoms with Gasteiger partial charge in [-0.1, -0.05) is 12.1 Å². The molecular weight excluding hydrogens is 304 g/mol. The lowest BCUT2D eigenvalue weighted by Crippen LogP contribution is -2.45. The van der Waals surface area contributed by atoms with Crippen molar-refractivity contribution < 1.29 is 17.9 Å². The third kappa shape index (κ3) is 3.31. The maximum atomic E-state index is 12.9. The van der Waals surface area contributed by atoms with Gasteiger partial charge in [0.15, 0.2) is 0 Å². The average Bonchev–Trinajstić information content (AvgIpc) is 2.54. The van der Waals surface area contributed by atoms with E-state index in [4.69, 9.17) is 5.73 Å². The summed E-state index contributed by atoms with van der Waals surface area (Å²) in [4.78, 5) is 11.8. The van der Waals surface area contributed by atoms with E-state index in [9.17, 15) is 13.2 Å². The number of rotatable bonds is 4. The summed E-state index contributed by atoms with van der Waals surface area (Å²) in [5.41, 5.74) is 5.98. The molecule has 1 saturated heterocycles. The van der Waals surface area contributed by atoms with Gasteiger partial charge in [0.1, 0.15) is 0 Å². The number of esters is 1. The van der Waals surface area contributed by atoms with Crippen molar-refractivity contribution in [1.29, 1.82) is 0 Å². The van der Waals surface area contributed by atoms with Crippen LogP contribution in [0.25, 0.3) is 0 Å². The molecule has 6 nitrogen and oxygen atoms in total. The van der Waals surface area contributed by atoms with E-state index in [1.54, 1.807) is 12.1 Å². The van der Waals surface area contributed by atoms with E-state index >= 15 is 0 Å². The molecule has 2 unspecified atom stereocenters. The molecule has 1 aliphatic heterocycles. The van der Waals surface area contributed by atoms with Crippen LogP contribution in [0, 0.1) is 5.92 Å². The molecule has 2 rings (SSSR count). The Kier molecular flexibility index (Phi) is 5.20. The number of methoxy groups -OCH3 is 1. The van der Waals surface area contributed by atoms with Gasteiger partial charge in [-0.15, -0.1) is 0 Å². The second-order valence-electron chi connectivity index (χ2n) is 5.61. The molecule has 1 aromatic carbocycles. The van der Waals surface area contributed by atoms with E-state index in [1.807, 2.05) is 6.92 Å². The first kappa shape index (κ1) is 16.9. The van der Waals surface area contributed by atoms with Gasteiger partial charge in [0.25, 0.3) is 0 Å². The normalized spacial score (nSPS) is 21.3. The van der Waals surface area contributed by atoms with Crippen LogP contribution >= 0.6 is 0 Å². The van der Waals surface area contributed by atoms with Gasteiger partial charge >= 0.3 is 5.97 Å². The predicted octanol–water partition coefficient (Wildman–Crippen LogP) is 1.22. The quantitative estimate of drug-likeness (QED) is 0.840. The fourth-order valence-electron chi connectivity index (χ4n) is 2.73. The van der Waals surface area contributed by atoms with Gasteiger partial charge in [-0.2, -0.15) is 4.31 Å². The molecule has 1 fully saturated rings. The average molecular weight is 326 g/mol. The molecular formula is C15H22N2O4S. The number of carbonyl (C=O) groups excluding carboxylic acids is 1. The number of nitrogens with two attached hydrogens (primary N) is 1. The number of ether oxygens (including phenoxy) is 1. The molecule has 7 heteroatoms. The van der Waals surface area contributed by atoms with Gasteiger partial charge in [0.05, 0.1) is 17.6 Å². The summed E-state index contributed by atoms with van der Waals surface area (Å²) < 4.78 is 31.8. The maximum absolute atomic E-state index is 12.9. The Labute approximate surface area is 131 Å². The standard InChI is InChI=1S/C15H22N2O4S/c1-11(16)12-6-5-9-17(10-12)22(19,20)14-8-4-3-7-13(14)15(18)21-2/h3-4,7-8,11-12H,5-6,9-10,16H2,1-2H3. The van der Waals surface area contributed by atoms with Gasteiger partial charge in [-0.3, -0.25) is 0 Å². The smallest absolute Gasteiger partial charge is 0.339 e. The van der Waals surface area contributed by atoms with Crippen molar-refractivity contribution in [3.8, 4) is 0 Å². The van der Waals surface area contributed by atoms with E-state index in [2.05, 4.69) is 4.74 Å².